The minimum absolute atomic E-state index is 0.0909. The lowest BCUT2D eigenvalue weighted by Crippen LogP contribution is -3.15. The fourth-order valence-corrected chi connectivity index (χ4v) is 2.44. The molecule has 0 aromatic heterocycles. The van der Waals surface area contributed by atoms with E-state index in [9.17, 15) is 14.0 Å². The molecular weight excluding hydrogens is 273 g/mol. The van der Waals surface area contributed by atoms with Gasteiger partial charge in [-0.15, -0.1) is 0 Å². The molecule has 0 unspecified atom stereocenters. The standard InChI is InChI=1S/C15H20FN3O2/c1-2-15(21)19-9-7-18(8-10-19)11-14(20)17-13-5-3-12(16)4-6-13/h3-6H,2,7-11H2,1H3,(H,17,20)/p+1. The van der Waals surface area contributed by atoms with Gasteiger partial charge in [0.15, 0.2) is 6.54 Å². The Morgan fingerprint density at radius 2 is 1.86 bits per heavy atom. The van der Waals surface area contributed by atoms with Crippen LogP contribution in [0.3, 0.4) is 0 Å². The van der Waals surface area contributed by atoms with Crippen LogP contribution in [-0.4, -0.2) is 49.4 Å². The molecule has 1 aromatic carbocycles. The Balaban J connectivity index is 1.76. The summed E-state index contributed by atoms with van der Waals surface area (Å²) in [5, 5.41) is 2.75. The Morgan fingerprint density at radius 3 is 2.43 bits per heavy atom. The third kappa shape index (κ3) is 4.53. The number of carbonyl (C=O) groups is 2. The summed E-state index contributed by atoms with van der Waals surface area (Å²) in [6.45, 7) is 5.19. The van der Waals surface area contributed by atoms with Crippen LogP contribution >= 0.6 is 0 Å². The zero-order chi connectivity index (χ0) is 15.2. The number of rotatable bonds is 4. The molecule has 21 heavy (non-hydrogen) atoms. The molecule has 6 heteroatoms. The van der Waals surface area contributed by atoms with Crippen LogP contribution in [0.5, 0.6) is 0 Å². The SMILES string of the molecule is CCC(=O)N1CC[NH+](CC(=O)Nc2ccc(F)cc2)CC1. The number of anilines is 1. The van der Waals surface area contributed by atoms with E-state index in [1.54, 1.807) is 12.1 Å². The summed E-state index contributed by atoms with van der Waals surface area (Å²) in [7, 11) is 0. The monoisotopic (exact) mass is 294 g/mol. The highest BCUT2D eigenvalue weighted by molar-refractivity contribution is 5.91. The van der Waals surface area contributed by atoms with Crippen molar-refractivity contribution in [1.29, 1.82) is 0 Å². The molecule has 2 amide bonds. The number of carbonyl (C=O) groups excluding carboxylic acids is 2. The van der Waals surface area contributed by atoms with Crippen molar-refractivity contribution in [2.24, 2.45) is 0 Å². The van der Waals surface area contributed by atoms with E-state index in [0.29, 0.717) is 31.7 Å². The van der Waals surface area contributed by atoms with E-state index in [1.165, 1.54) is 12.1 Å². The Bertz CT molecular complexity index is 496. The number of nitrogens with one attached hydrogen (secondary N) is 2. The molecule has 0 bridgehead atoms. The molecule has 1 heterocycles. The van der Waals surface area contributed by atoms with Crippen LogP contribution in [0.15, 0.2) is 24.3 Å². The topological polar surface area (TPSA) is 53.9 Å². The number of hydrogen-bond donors (Lipinski definition) is 2. The van der Waals surface area contributed by atoms with Crippen LogP contribution in [0.2, 0.25) is 0 Å². The van der Waals surface area contributed by atoms with Gasteiger partial charge in [-0.05, 0) is 24.3 Å². The maximum absolute atomic E-state index is 12.8. The van der Waals surface area contributed by atoms with E-state index in [4.69, 9.17) is 0 Å². The van der Waals surface area contributed by atoms with E-state index in [2.05, 4.69) is 5.32 Å². The average Bonchev–Trinajstić information content (AvgIpc) is 2.49. The van der Waals surface area contributed by atoms with Crippen molar-refractivity contribution >= 4 is 17.5 Å². The number of amides is 2. The number of hydrogen-bond acceptors (Lipinski definition) is 2. The largest absolute Gasteiger partial charge is 0.331 e. The number of halogens is 1. The maximum Gasteiger partial charge on any atom is 0.279 e. The zero-order valence-corrected chi connectivity index (χ0v) is 12.2. The molecule has 2 N–H and O–H groups in total. The van der Waals surface area contributed by atoms with E-state index >= 15 is 0 Å². The summed E-state index contributed by atoms with van der Waals surface area (Å²) in [5.41, 5.74) is 0.598. The van der Waals surface area contributed by atoms with Gasteiger partial charge in [0.05, 0.1) is 26.2 Å². The third-order valence-corrected chi connectivity index (χ3v) is 3.66. The second kappa shape index (κ2) is 7.17. The lowest BCUT2D eigenvalue weighted by molar-refractivity contribution is -0.895. The first-order valence-electron chi connectivity index (χ1n) is 7.25. The predicted molar refractivity (Wildman–Crippen MR) is 77.5 cm³/mol. The van der Waals surface area contributed by atoms with Gasteiger partial charge in [-0.25, -0.2) is 4.39 Å². The number of piperazine rings is 1. The highest BCUT2D eigenvalue weighted by atomic mass is 19.1. The smallest absolute Gasteiger partial charge is 0.279 e. The van der Waals surface area contributed by atoms with E-state index in [1.807, 2.05) is 11.8 Å². The third-order valence-electron chi connectivity index (χ3n) is 3.66. The van der Waals surface area contributed by atoms with Crippen molar-refractivity contribution in [3.63, 3.8) is 0 Å². The molecule has 1 aliphatic rings. The fourth-order valence-electron chi connectivity index (χ4n) is 2.44. The lowest BCUT2D eigenvalue weighted by atomic mass is 10.2. The summed E-state index contributed by atoms with van der Waals surface area (Å²) in [5.74, 6) is -0.243. The van der Waals surface area contributed by atoms with Crippen LogP contribution in [-0.2, 0) is 9.59 Å². The average molecular weight is 294 g/mol. The van der Waals surface area contributed by atoms with E-state index in [0.717, 1.165) is 18.0 Å². The van der Waals surface area contributed by atoms with Gasteiger partial charge in [0, 0.05) is 12.1 Å². The first-order valence-corrected chi connectivity index (χ1v) is 7.25. The van der Waals surface area contributed by atoms with Gasteiger partial charge in [-0.1, -0.05) is 6.92 Å². The Labute approximate surface area is 123 Å². The van der Waals surface area contributed by atoms with Crippen molar-refractivity contribution < 1.29 is 18.9 Å². The minimum Gasteiger partial charge on any atom is -0.331 e. The van der Waals surface area contributed by atoms with Crippen LogP contribution in [0.4, 0.5) is 10.1 Å². The quantitative estimate of drug-likeness (QED) is 0.815. The Morgan fingerprint density at radius 1 is 1.24 bits per heavy atom. The summed E-state index contributed by atoms with van der Waals surface area (Å²) in [6, 6.07) is 5.72. The molecule has 0 saturated carbocycles. The molecule has 5 nitrogen and oxygen atoms in total. The van der Waals surface area contributed by atoms with Crippen LogP contribution < -0.4 is 10.2 Å². The van der Waals surface area contributed by atoms with Gasteiger partial charge >= 0.3 is 0 Å². The van der Waals surface area contributed by atoms with Crippen LogP contribution in [0.25, 0.3) is 0 Å². The molecule has 2 rings (SSSR count). The minimum atomic E-state index is -0.324. The Hall–Kier alpha value is -1.95. The van der Waals surface area contributed by atoms with Gasteiger partial charge in [0.1, 0.15) is 5.82 Å². The molecule has 0 spiro atoms. The number of nitrogens with zero attached hydrogens (tertiary/aromatic N) is 1. The molecular formula is C15H21FN3O2+. The van der Waals surface area contributed by atoms with Crippen molar-refractivity contribution in [1.82, 2.24) is 4.90 Å². The first kappa shape index (κ1) is 15.4. The second-order valence-electron chi connectivity index (χ2n) is 5.22. The van der Waals surface area contributed by atoms with Gasteiger partial charge in [-0.3, -0.25) is 9.59 Å². The summed E-state index contributed by atoms with van der Waals surface area (Å²) < 4.78 is 12.8. The van der Waals surface area contributed by atoms with Crippen molar-refractivity contribution in [2.45, 2.75) is 13.3 Å². The Kier molecular flexibility index (Phi) is 5.27. The number of benzene rings is 1. The van der Waals surface area contributed by atoms with Crippen LogP contribution in [0, 0.1) is 5.82 Å². The highest BCUT2D eigenvalue weighted by Gasteiger charge is 2.24. The van der Waals surface area contributed by atoms with Crippen molar-refractivity contribution in [2.75, 3.05) is 38.0 Å². The van der Waals surface area contributed by atoms with Gasteiger partial charge < -0.3 is 15.1 Å². The lowest BCUT2D eigenvalue weighted by Gasteiger charge is -2.31. The molecule has 0 radical (unpaired) electrons. The summed E-state index contributed by atoms with van der Waals surface area (Å²) >= 11 is 0. The predicted octanol–water partition coefficient (Wildman–Crippen LogP) is -0.0987. The van der Waals surface area contributed by atoms with Crippen molar-refractivity contribution in [3.05, 3.63) is 30.1 Å². The van der Waals surface area contributed by atoms with Crippen LogP contribution in [0.1, 0.15) is 13.3 Å². The molecule has 0 aliphatic carbocycles. The van der Waals surface area contributed by atoms with Crippen molar-refractivity contribution in [3.8, 4) is 0 Å². The summed E-state index contributed by atoms with van der Waals surface area (Å²) in [6.07, 6.45) is 0.528. The van der Waals surface area contributed by atoms with E-state index in [-0.39, 0.29) is 17.6 Å². The molecule has 114 valence electrons. The highest BCUT2D eigenvalue weighted by Crippen LogP contribution is 2.07. The molecule has 1 aromatic rings. The van der Waals surface area contributed by atoms with Gasteiger partial charge in [0.2, 0.25) is 5.91 Å². The normalized spacial score (nSPS) is 15.8. The van der Waals surface area contributed by atoms with Gasteiger partial charge in [0.25, 0.3) is 5.91 Å². The summed E-state index contributed by atoms with van der Waals surface area (Å²) in [4.78, 5) is 26.5. The number of quaternary nitrogens is 1. The molecule has 1 saturated heterocycles. The second-order valence-corrected chi connectivity index (χ2v) is 5.22. The first-order chi connectivity index (χ1) is 10.1. The van der Waals surface area contributed by atoms with E-state index < -0.39 is 0 Å². The van der Waals surface area contributed by atoms with Gasteiger partial charge in [-0.2, -0.15) is 0 Å². The molecule has 0 atom stereocenters. The fraction of sp³-hybridized carbons (Fsp3) is 0.467. The molecule has 1 fully saturated rings. The zero-order valence-electron chi connectivity index (χ0n) is 12.2. The molecule has 1 aliphatic heterocycles. The maximum atomic E-state index is 12.8.